The van der Waals surface area contributed by atoms with E-state index in [2.05, 4.69) is 57.5 Å². The van der Waals surface area contributed by atoms with Crippen LogP contribution in [0.15, 0.2) is 36.8 Å². The minimum Gasteiger partial charge on any atom is -0.340 e. The van der Waals surface area contributed by atoms with Crippen molar-refractivity contribution in [2.45, 2.75) is 26.4 Å². The predicted octanol–water partition coefficient (Wildman–Crippen LogP) is 2.32. The van der Waals surface area contributed by atoms with Crippen LogP contribution < -0.4 is 5.32 Å². The van der Waals surface area contributed by atoms with Gasteiger partial charge in [-0.2, -0.15) is 0 Å². The van der Waals surface area contributed by atoms with Crippen LogP contribution in [0.25, 0.3) is 10.9 Å². The van der Waals surface area contributed by atoms with Crippen molar-refractivity contribution in [2.75, 3.05) is 6.54 Å². The Morgan fingerprint density at radius 3 is 2.90 bits per heavy atom. The highest BCUT2D eigenvalue weighted by atomic mass is 15.3. The van der Waals surface area contributed by atoms with Crippen LogP contribution in [0.3, 0.4) is 0 Å². The summed E-state index contributed by atoms with van der Waals surface area (Å²) in [5.41, 5.74) is 2.59. The summed E-state index contributed by atoms with van der Waals surface area (Å²) in [6.45, 7) is 4.89. The Balaban J connectivity index is 1.88. The molecular formula is C16H21N5. The zero-order valence-electron chi connectivity index (χ0n) is 12.6. The second kappa shape index (κ2) is 6.10. The first-order valence-corrected chi connectivity index (χ1v) is 7.40. The van der Waals surface area contributed by atoms with Gasteiger partial charge in [0, 0.05) is 30.7 Å². The molecule has 5 heteroatoms. The summed E-state index contributed by atoms with van der Waals surface area (Å²) < 4.78 is 4.18. The first kappa shape index (κ1) is 13.8. The fraction of sp³-hybridized carbons (Fsp3) is 0.375. The minimum absolute atomic E-state index is 0.742. The number of aryl methyl sites for hydroxylation is 1. The van der Waals surface area contributed by atoms with E-state index in [-0.39, 0.29) is 0 Å². The van der Waals surface area contributed by atoms with E-state index in [1.54, 1.807) is 6.33 Å². The molecule has 0 aliphatic carbocycles. The lowest BCUT2D eigenvalue weighted by Crippen LogP contribution is -2.13. The summed E-state index contributed by atoms with van der Waals surface area (Å²) in [4.78, 5) is 0. The summed E-state index contributed by atoms with van der Waals surface area (Å²) in [6, 6.07) is 8.67. The van der Waals surface area contributed by atoms with Crippen LogP contribution in [-0.2, 0) is 20.1 Å². The predicted molar refractivity (Wildman–Crippen MR) is 84.0 cm³/mol. The Morgan fingerprint density at radius 2 is 2.14 bits per heavy atom. The minimum atomic E-state index is 0.742. The molecule has 0 radical (unpaired) electrons. The van der Waals surface area contributed by atoms with E-state index in [1.165, 1.54) is 16.5 Å². The molecule has 5 nitrogen and oxygen atoms in total. The van der Waals surface area contributed by atoms with Crippen LogP contribution in [-0.4, -0.2) is 25.9 Å². The summed E-state index contributed by atoms with van der Waals surface area (Å²) in [6.07, 6.45) is 5.02. The molecule has 2 aromatic heterocycles. The number of hydrogen-bond donors (Lipinski definition) is 1. The molecule has 1 aromatic carbocycles. The first-order valence-electron chi connectivity index (χ1n) is 7.40. The average Bonchev–Trinajstić information content (AvgIpc) is 3.08. The maximum absolute atomic E-state index is 4.16. The highest BCUT2D eigenvalue weighted by molar-refractivity contribution is 5.83. The van der Waals surface area contributed by atoms with Gasteiger partial charge in [0.25, 0.3) is 0 Å². The molecule has 0 saturated heterocycles. The highest BCUT2D eigenvalue weighted by Gasteiger charge is 2.08. The molecule has 1 N–H and O–H groups in total. The third kappa shape index (κ3) is 2.83. The molecule has 0 aliphatic rings. The quantitative estimate of drug-likeness (QED) is 0.706. The summed E-state index contributed by atoms with van der Waals surface area (Å²) in [5.74, 6) is 0.960. The van der Waals surface area contributed by atoms with Crippen molar-refractivity contribution in [3.05, 3.63) is 48.2 Å². The summed E-state index contributed by atoms with van der Waals surface area (Å²) >= 11 is 0. The number of benzene rings is 1. The second-order valence-electron chi connectivity index (χ2n) is 5.33. The lowest BCUT2D eigenvalue weighted by atomic mass is 10.1. The first-order chi connectivity index (χ1) is 10.3. The topological polar surface area (TPSA) is 47.7 Å². The fourth-order valence-corrected chi connectivity index (χ4v) is 2.58. The van der Waals surface area contributed by atoms with Gasteiger partial charge in [0.1, 0.15) is 6.33 Å². The third-order valence-electron chi connectivity index (χ3n) is 3.76. The van der Waals surface area contributed by atoms with Crippen molar-refractivity contribution >= 4 is 10.9 Å². The SMILES string of the molecule is CCCNCc1cccc2c1ccn2Cc1nncn1C. The van der Waals surface area contributed by atoms with E-state index in [0.717, 1.165) is 31.9 Å². The number of hydrogen-bond acceptors (Lipinski definition) is 3. The molecular weight excluding hydrogens is 262 g/mol. The average molecular weight is 283 g/mol. The van der Waals surface area contributed by atoms with Gasteiger partial charge in [-0.15, -0.1) is 10.2 Å². The Morgan fingerprint density at radius 1 is 1.24 bits per heavy atom. The summed E-state index contributed by atoms with van der Waals surface area (Å²) in [5, 5.41) is 12.9. The van der Waals surface area contributed by atoms with Crippen molar-refractivity contribution in [1.82, 2.24) is 24.6 Å². The van der Waals surface area contributed by atoms with Crippen LogP contribution in [0.5, 0.6) is 0 Å². The maximum Gasteiger partial charge on any atom is 0.152 e. The molecule has 0 amide bonds. The molecule has 110 valence electrons. The van der Waals surface area contributed by atoms with Crippen LogP contribution in [0.1, 0.15) is 24.7 Å². The molecule has 0 fully saturated rings. The van der Waals surface area contributed by atoms with Gasteiger partial charge in [0.15, 0.2) is 5.82 Å². The zero-order valence-corrected chi connectivity index (χ0v) is 12.6. The molecule has 2 heterocycles. The van der Waals surface area contributed by atoms with Gasteiger partial charge in [0.05, 0.1) is 6.54 Å². The number of aromatic nitrogens is 4. The van der Waals surface area contributed by atoms with Gasteiger partial charge >= 0.3 is 0 Å². The maximum atomic E-state index is 4.16. The van der Waals surface area contributed by atoms with Gasteiger partial charge in [0.2, 0.25) is 0 Å². The number of nitrogens with zero attached hydrogens (tertiary/aromatic N) is 4. The number of fused-ring (bicyclic) bond motifs is 1. The molecule has 0 spiro atoms. The van der Waals surface area contributed by atoms with Crippen LogP contribution in [0.2, 0.25) is 0 Å². The second-order valence-corrected chi connectivity index (χ2v) is 5.33. The molecule has 0 atom stereocenters. The molecule has 0 saturated carbocycles. The van der Waals surface area contributed by atoms with Gasteiger partial charge in [-0.05, 0) is 30.7 Å². The van der Waals surface area contributed by atoms with E-state index in [4.69, 9.17) is 0 Å². The van der Waals surface area contributed by atoms with Crippen LogP contribution >= 0.6 is 0 Å². The zero-order chi connectivity index (χ0) is 14.7. The van der Waals surface area contributed by atoms with Gasteiger partial charge < -0.3 is 14.5 Å². The normalized spacial score (nSPS) is 11.3. The van der Waals surface area contributed by atoms with Gasteiger partial charge in [-0.25, -0.2) is 0 Å². The monoisotopic (exact) mass is 283 g/mol. The highest BCUT2D eigenvalue weighted by Crippen LogP contribution is 2.21. The van der Waals surface area contributed by atoms with E-state index >= 15 is 0 Å². The van der Waals surface area contributed by atoms with Crippen molar-refractivity contribution in [3.8, 4) is 0 Å². The Hall–Kier alpha value is -2.14. The standard InChI is InChI=1S/C16H21N5/c1-3-8-17-10-13-5-4-6-15-14(13)7-9-21(15)11-16-19-18-12-20(16)2/h4-7,9,12,17H,3,8,10-11H2,1-2H3. The number of nitrogens with one attached hydrogen (secondary N) is 1. The van der Waals surface area contributed by atoms with E-state index in [1.807, 2.05) is 11.6 Å². The molecule has 0 unspecified atom stereocenters. The van der Waals surface area contributed by atoms with Crippen molar-refractivity contribution < 1.29 is 0 Å². The third-order valence-corrected chi connectivity index (χ3v) is 3.76. The van der Waals surface area contributed by atoms with E-state index in [0.29, 0.717) is 0 Å². The van der Waals surface area contributed by atoms with E-state index in [9.17, 15) is 0 Å². The molecule has 3 rings (SSSR count). The smallest absolute Gasteiger partial charge is 0.152 e. The molecule has 3 aromatic rings. The Labute approximate surface area is 124 Å². The molecule has 21 heavy (non-hydrogen) atoms. The van der Waals surface area contributed by atoms with Crippen LogP contribution in [0, 0.1) is 0 Å². The van der Waals surface area contributed by atoms with Crippen molar-refractivity contribution in [2.24, 2.45) is 7.05 Å². The van der Waals surface area contributed by atoms with Gasteiger partial charge in [-0.1, -0.05) is 19.1 Å². The largest absolute Gasteiger partial charge is 0.340 e. The van der Waals surface area contributed by atoms with E-state index < -0.39 is 0 Å². The Kier molecular flexibility index (Phi) is 4.01. The lowest BCUT2D eigenvalue weighted by Gasteiger charge is -2.08. The van der Waals surface area contributed by atoms with Crippen LogP contribution in [0.4, 0.5) is 0 Å². The number of rotatable bonds is 6. The fourth-order valence-electron chi connectivity index (χ4n) is 2.58. The lowest BCUT2D eigenvalue weighted by molar-refractivity contribution is 0.678. The summed E-state index contributed by atoms with van der Waals surface area (Å²) in [7, 11) is 1.97. The molecule has 0 aliphatic heterocycles. The molecule has 0 bridgehead atoms. The van der Waals surface area contributed by atoms with Crippen molar-refractivity contribution in [3.63, 3.8) is 0 Å². The van der Waals surface area contributed by atoms with Gasteiger partial charge in [-0.3, -0.25) is 0 Å². The van der Waals surface area contributed by atoms with Crippen molar-refractivity contribution in [1.29, 1.82) is 0 Å². The Bertz CT molecular complexity index is 725.